The van der Waals surface area contributed by atoms with Crippen LogP contribution in [0, 0.1) is 6.92 Å². The first kappa shape index (κ1) is 14.4. The number of anilines is 1. The summed E-state index contributed by atoms with van der Waals surface area (Å²) in [5, 5.41) is 7.73. The Morgan fingerprint density at radius 3 is 2.91 bits per heavy atom. The molecule has 0 aromatic carbocycles. The van der Waals surface area contributed by atoms with Gasteiger partial charge in [-0.1, -0.05) is 0 Å². The number of rotatable bonds is 4. The van der Waals surface area contributed by atoms with Crippen LogP contribution in [0.1, 0.15) is 11.3 Å². The fraction of sp³-hybridized carbons (Fsp3) is 0.308. The molecule has 0 spiro atoms. The van der Waals surface area contributed by atoms with Gasteiger partial charge in [0.05, 0.1) is 12.5 Å². The summed E-state index contributed by atoms with van der Waals surface area (Å²) in [5.74, 6) is -0.187. The van der Waals surface area contributed by atoms with Gasteiger partial charge in [0.15, 0.2) is 10.8 Å². The number of aromatic nitrogens is 5. The Balaban J connectivity index is 1.70. The van der Waals surface area contributed by atoms with Crippen molar-refractivity contribution < 1.29 is 4.79 Å². The maximum atomic E-state index is 12.2. The molecule has 9 heteroatoms. The van der Waals surface area contributed by atoms with Gasteiger partial charge in [-0.2, -0.15) is 5.10 Å². The lowest BCUT2D eigenvalue weighted by atomic mass is 10.3. The van der Waals surface area contributed by atoms with Gasteiger partial charge in [0.2, 0.25) is 5.91 Å². The molecule has 0 atom stereocenters. The van der Waals surface area contributed by atoms with Crippen molar-refractivity contribution in [3.05, 3.63) is 34.0 Å². The molecule has 3 heterocycles. The van der Waals surface area contributed by atoms with E-state index in [4.69, 9.17) is 0 Å². The highest BCUT2D eigenvalue weighted by Gasteiger charge is 2.10. The Morgan fingerprint density at radius 2 is 2.18 bits per heavy atom. The van der Waals surface area contributed by atoms with Crippen molar-refractivity contribution in [1.82, 2.24) is 24.3 Å². The molecule has 0 saturated heterocycles. The number of thiazole rings is 1. The number of carbonyl (C=O) groups excluding carboxylic acids is 1. The monoisotopic (exact) mass is 318 g/mol. The number of carbonyl (C=O) groups is 1. The second kappa shape index (κ2) is 5.68. The molecule has 1 amide bonds. The lowest BCUT2D eigenvalue weighted by molar-refractivity contribution is -0.116. The molecule has 0 aliphatic heterocycles. The summed E-state index contributed by atoms with van der Waals surface area (Å²) in [6.07, 6.45) is 4.80. The van der Waals surface area contributed by atoms with Gasteiger partial charge in [-0.3, -0.25) is 18.8 Å². The molecule has 0 bridgehead atoms. The lowest BCUT2D eigenvalue weighted by Crippen LogP contribution is -2.23. The van der Waals surface area contributed by atoms with Gasteiger partial charge >= 0.3 is 0 Å². The van der Waals surface area contributed by atoms with Gasteiger partial charge < -0.3 is 5.32 Å². The van der Waals surface area contributed by atoms with Crippen LogP contribution < -0.4 is 10.9 Å². The van der Waals surface area contributed by atoms with Gasteiger partial charge in [0, 0.05) is 31.1 Å². The largest absolute Gasteiger partial charge is 0.302 e. The minimum Gasteiger partial charge on any atom is -0.302 e. The molecule has 3 rings (SSSR count). The zero-order chi connectivity index (χ0) is 15.7. The number of nitrogens with one attached hydrogen (secondary N) is 1. The zero-order valence-electron chi connectivity index (χ0n) is 12.1. The van der Waals surface area contributed by atoms with Crippen LogP contribution in [-0.2, 0) is 18.4 Å². The van der Waals surface area contributed by atoms with Gasteiger partial charge in [0.1, 0.15) is 5.39 Å². The van der Waals surface area contributed by atoms with E-state index in [0.29, 0.717) is 16.2 Å². The summed E-state index contributed by atoms with van der Waals surface area (Å²) in [4.78, 5) is 33.4. The first-order valence-corrected chi connectivity index (χ1v) is 7.45. The number of nitrogens with zero attached hydrogens (tertiary/aromatic N) is 5. The van der Waals surface area contributed by atoms with Crippen molar-refractivity contribution in [2.24, 2.45) is 7.05 Å². The third-order valence-electron chi connectivity index (χ3n) is 3.17. The minimum absolute atomic E-state index is 0.173. The molecule has 0 radical (unpaired) electrons. The predicted molar refractivity (Wildman–Crippen MR) is 82.9 cm³/mol. The molecule has 8 nitrogen and oxygen atoms in total. The van der Waals surface area contributed by atoms with Crippen molar-refractivity contribution >= 4 is 33.4 Å². The van der Waals surface area contributed by atoms with Gasteiger partial charge in [-0.25, -0.2) is 9.97 Å². The Kier molecular flexibility index (Phi) is 3.72. The minimum atomic E-state index is -0.198. The fourth-order valence-electron chi connectivity index (χ4n) is 2.04. The first-order valence-electron chi connectivity index (χ1n) is 6.64. The summed E-state index contributed by atoms with van der Waals surface area (Å²) in [6, 6.07) is 0. The number of fused-ring (bicyclic) bond motifs is 1. The Morgan fingerprint density at radius 1 is 1.36 bits per heavy atom. The van der Waals surface area contributed by atoms with Crippen LogP contribution in [-0.4, -0.2) is 30.2 Å². The maximum absolute atomic E-state index is 12.2. The number of amides is 1. The van der Waals surface area contributed by atoms with Crippen LogP contribution in [0.4, 0.5) is 5.13 Å². The van der Waals surface area contributed by atoms with E-state index in [2.05, 4.69) is 20.4 Å². The zero-order valence-corrected chi connectivity index (χ0v) is 12.9. The standard InChI is InChI=1S/C13H14N6O2S/c1-8-5-14-13(22-8)17-10(20)3-4-19-7-15-11-9(12(19)21)6-16-18(11)2/h5-7H,3-4H2,1-2H3,(H,14,17,20). The summed E-state index contributed by atoms with van der Waals surface area (Å²) < 4.78 is 2.95. The Labute approximate surface area is 129 Å². The number of hydrogen-bond donors (Lipinski definition) is 1. The molecule has 0 saturated carbocycles. The SMILES string of the molecule is Cc1cnc(NC(=O)CCn2cnc3c(cnn3C)c2=O)s1. The van der Waals surface area contributed by atoms with Gasteiger partial charge in [0.25, 0.3) is 5.56 Å². The van der Waals surface area contributed by atoms with E-state index in [-0.39, 0.29) is 24.4 Å². The average molecular weight is 318 g/mol. The lowest BCUT2D eigenvalue weighted by Gasteiger charge is -2.05. The van der Waals surface area contributed by atoms with Crippen molar-refractivity contribution in [3.8, 4) is 0 Å². The third-order valence-corrected chi connectivity index (χ3v) is 3.99. The van der Waals surface area contributed by atoms with E-state index in [0.717, 1.165) is 4.88 Å². The molecule has 0 unspecified atom stereocenters. The van der Waals surface area contributed by atoms with Crippen molar-refractivity contribution in [2.45, 2.75) is 19.9 Å². The van der Waals surface area contributed by atoms with Crippen LogP contribution in [0.2, 0.25) is 0 Å². The van der Waals surface area contributed by atoms with E-state index in [1.165, 1.54) is 28.4 Å². The number of hydrogen-bond acceptors (Lipinski definition) is 6. The maximum Gasteiger partial charge on any atom is 0.264 e. The molecule has 3 aromatic heterocycles. The van der Waals surface area contributed by atoms with Crippen LogP contribution in [0.5, 0.6) is 0 Å². The molecule has 114 valence electrons. The van der Waals surface area contributed by atoms with Crippen LogP contribution in [0.15, 0.2) is 23.5 Å². The first-order chi connectivity index (χ1) is 10.5. The molecular formula is C13H14N6O2S. The fourth-order valence-corrected chi connectivity index (χ4v) is 2.72. The van der Waals surface area contributed by atoms with E-state index < -0.39 is 0 Å². The summed E-state index contributed by atoms with van der Waals surface area (Å²) in [5.41, 5.74) is 0.333. The number of aryl methyl sites for hydroxylation is 3. The molecule has 0 aliphatic carbocycles. The Bertz CT molecular complexity index is 893. The second-order valence-electron chi connectivity index (χ2n) is 4.82. The van der Waals surface area contributed by atoms with Crippen LogP contribution >= 0.6 is 11.3 Å². The molecule has 0 aliphatic rings. The average Bonchev–Trinajstić information content (AvgIpc) is 3.05. The van der Waals surface area contributed by atoms with E-state index >= 15 is 0 Å². The summed E-state index contributed by atoms with van der Waals surface area (Å²) >= 11 is 1.41. The highest BCUT2D eigenvalue weighted by Crippen LogP contribution is 2.16. The van der Waals surface area contributed by atoms with Crippen molar-refractivity contribution in [1.29, 1.82) is 0 Å². The van der Waals surface area contributed by atoms with Crippen molar-refractivity contribution in [3.63, 3.8) is 0 Å². The van der Waals surface area contributed by atoms with E-state index in [1.54, 1.807) is 17.9 Å². The smallest absolute Gasteiger partial charge is 0.264 e. The van der Waals surface area contributed by atoms with Crippen LogP contribution in [0.3, 0.4) is 0 Å². The molecule has 0 fully saturated rings. The second-order valence-corrected chi connectivity index (χ2v) is 6.06. The normalized spacial score (nSPS) is 11.0. The van der Waals surface area contributed by atoms with Crippen molar-refractivity contribution in [2.75, 3.05) is 5.32 Å². The third kappa shape index (κ3) is 2.75. The van der Waals surface area contributed by atoms with Gasteiger partial charge in [-0.15, -0.1) is 11.3 Å². The Hall–Kier alpha value is -2.55. The van der Waals surface area contributed by atoms with E-state index in [1.807, 2.05) is 6.92 Å². The molecule has 22 heavy (non-hydrogen) atoms. The highest BCUT2D eigenvalue weighted by molar-refractivity contribution is 7.15. The van der Waals surface area contributed by atoms with Gasteiger partial charge in [-0.05, 0) is 6.92 Å². The predicted octanol–water partition coefficient (Wildman–Crippen LogP) is 0.924. The quantitative estimate of drug-likeness (QED) is 0.772. The summed E-state index contributed by atoms with van der Waals surface area (Å²) in [7, 11) is 1.72. The molecular weight excluding hydrogens is 304 g/mol. The van der Waals surface area contributed by atoms with Crippen LogP contribution in [0.25, 0.3) is 11.0 Å². The molecule has 1 N–H and O–H groups in total. The topological polar surface area (TPSA) is 94.7 Å². The highest BCUT2D eigenvalue weighted by atomic mass is 32.1. The van der Waals surface area contributed by atoms with E-state index in [9.17, 15) is 9.59 Å². The summed E-state index contributed by atoms with van der Waals surface area (Å²) in [6.45, 7) is 2.18. The molecule has 3 aromatic rings.